The standard InChI is InChI=1S/C13H24O11.C13H24O10.C13H24O8/c1-4-6(16)9(19)11(13(21,3-15)24-4)23-12-10(20)8(18)7(17)5(2-14)22-12;1-4-7(16)10(19)12(6(3-15)21-4)23-13-11(20)9(18)8(17)5(2-14)22-13;1-4-8(15)10(17)12(6(3)19-4)21-13-11(18)9(16)7(14)5(2)20-13/h4-12,14-21H,2-3H2,1H3;4-20H,2-3H2,1H3;4-18H,1-3H3. The van der Waals surface area contributed by atoms with E-state index in [9.17, 15) is 91.9 Å². The van der Waals surface area contributed by atoms with Crippen LogP contribution < -0.4 is 0 Å². The van der Waals surface area contributed by atoms with Gasteiger partial charge in [-0.05, 0) is 34.6 Å². The van der Waals surface area contributed by atoms with Crippen molar-refractivity contribution in [2.75, 3.05) is 26.4 Å². The monoisotopic (exact) mass is 1000 g/mol. The minimum absolute atomic E-state index is 0.518. The summed E-state index contributed by atoms with van der Waals surface area (Å²) in [4.78, 5) is 0. The van der Waals surface area contributed by atoms with Crippen molar-refractivity contribution in [3.05, 3.63) is 0 Å². The van der Waals surface area contributed by atoms with Crippen LogP contribution in [0.3, 0.4) is 0 Å². The molecule has 0 aliphatic carbocycles. The van der Waals surface area contributed by atoms with E-state index in [-0.39, 0.29) is 0 Å². The highest BCUT2D eigenvalue weighted by molar-refractivity contribution is 4.99. The van der Waals surface area contributed by atoms with E-state index in [2.05, 4.69) is 0 Å². The Morgan fingerprint density at radius 3 is 1.18 bits per heavy atom. The molecule has 6 fully saturated rings. The maximum absolute atomic E-state index is 10.3. The molecule has 6 rings (SSSR count). The number of aliphatic hydroxyl groups excluding tert-OH is 19. The Morgan fingerprint density at radius 1 is 0.338 bits per heavy atom. The molecule has 68 heavy (non-hydrogen) atoms. The lowest BCUT2D eigenvalue weighted by Gasteiger charge is -2.48. The van der Waals surface area contributed by atoms with Crippen LogP contribution in [0, 0.1) is 0 Å². The summed E-state index contributed by atoms with van der Waals surface area (Å²) in [5.41, 5.74) is 0. The van der Waals surface area contributed by atoms with E-state index in [0.29, 0.717) is 0 Å². The van der Waals surface area contributed by atoms with Crippen LogP contribution in [0.4, 0.5) is 0 Å². The summed E-state index contributed by atoms with van der Waals surface area (Å²) in [6, 6.07) is 0. The third-order valence-electron chi connectivity index (χ3n) is 12.7. The molecular formula is C39H72O29. The zero-order valence-corrected chi connectivity index (χ0v) is 37.7. The number of ether oxygens (including phenoxy) is 9. The Balaban J connectivity index is 0.000000223. The van der Waals surface area contributed by atoms with Crippen LogP contribution in [0.15, 0.2) is 0 Å². The van der Waals surface area contributed by atoms with Gasteiger partial charge >= 0.3 is 0 Å². The Kier molecular flexibility index (Phi) is 22.0. The summed E-state index contributed by atoms with van der Waals surface area (Å²) < 4.78 is 47.5. The van der Waals surface area contributed by atoms with Crippen molar-refractivity contribution in [1.82, 2.24) is 0 Å². The maximum Gasteiger partial charge on any atom is 0.219 e. The van der Waals surface area contributed by atoms with E-state index in [4.69, 9.17) is 52.8 Å². The van der Waals surface area contributed by atoms with Gasteiger partial charge in [0.2, 0.25) is 5.79 Å². The maximum atomic E-state index is 10.3. The largest absolute Gasteiger partial charge is 0.394 e. The predicted molar refractivity (Wildman–Crippen MR) is 215 cm³/mol. The molecular weight excluding hydrogens is 932 g/mol. The Bertz CT molecular complexity index is 1490. The molecule has 0 spiro atoms. The second kappa shape index (κ2) is 25.2. The zero-order chi connectivity index (χ0) is 51.4. The van der Waals surface area contributed by atoms with Crippen LogP contribution >= 0.6 is 0 Å². The van der Waals surface area contributed by atoms with Crippen LogP contribution in [0.1, 0.15) is 34.6 Å². The van der Waals surface area contributed by atoms with Gasteiger partial charge < -0.3 is 145 Å². The third-order valence-corrected chi connectivity index (χ3v) is 12.7. The Morgan fingerprint density at radius 2 is 0.706 bits per heavy atom. The van der Waals surface area contributed by atoms with E-state index >= 15 is 0 Å². The van der Waals surface area contributed by atoms with Crippen LogP contribution in [-0.4, -0.2) is 312 Å². The van der Waals surface area contributed by atoms with Gasteiger partial charge in [-0.1, -0.05) is 0 Å². The first-order valence-corrected chi connectivity index (χ1v) is 22.0. The van der Waals surface area contributed by atoms with Gasteiger partial charge in [0.25, 0.3) is 0 Å². The number of hydrogen-bond acceptors (Lipinski definition) is 29. The first-order valence-electron chi connectivity index (χ1n) is 22.0. The molecule has 29 heteroatoms. The van der Waals surface area contributed by atoms with Gasteiger partial charge in [0.1, 0.15) is 128 Å². The van der Waals surface area contributed by atoms with Gasteiger partial charge in [-0.3, -0.25) is 0 Å². The normalized spacial score (nSPS) is 53.3. The molecule has 0 bridgehead atoms. The van der Waals surface area contributed by atoms with Crippen LogP contribution in [0.25, 0.3) is 0 Å². The fourth-order valence-corrected chi connectivity index (χ4v) is 8.31. The summed E-state index contributed by atoms with van der Waals surface area (Å²) in [7, 11) is 0. The zero-order valence-electron chi connectivity index (χ0n) is 37.7. The molecule has 0 aromatic heterocycles. The molecule has 20 N–H and O–H groups in total. The van der Waals surface area contributed by atoms with Gasteiger partial charge in [-0.25, -0.2) is 0 Å². The van der Waals surface area contributed by atoms with Crippen molar-refractivity contribution in [2.45, 2.75) is 218 Å². The van der Waals surface area contributed by atoms with Crippen molar-refractivity contribution in [3.63, 3.8) is 0 Å². The van der Waals surface area contributed by atoms with Gasteiger partial charge in [0, 0.05) is 0 Å². The molecule has 0 radical (unpaired) electrons. The summed E-state index contributed by atoms with van der Waals surface area (Å²) in [6.07, 6.45) is -37.6. The molecule has 30 unspecified atom stereocenters. The molecule has 6 aliphatic rings. The molecule has 6 heterocycles. The van der Waals surface area contributed by atoms with Gasteiger partial charge in [0.15, 0.2) is 18.9 Å². The first kappa shape index (κ1) is 59.4. The van der Waals surface area contributed by atoms with Crippen molar-refractivity contribution < 1.29 is 145 Å². The van der Waals surface area contributed by atoms with Gasteiger partial charge in [-0.15, -0.1) is 0 Å². The minimum Gasteiger partial charge on any atom is -0.394 e. The lowest BCUT2D eigenvalue weighted by atomic mass is 9.92. The summed E-state index contributed by atoms with van der Waals surface area (Å²) in [5.74, 6) is -2.41. The minimum atomic E-state index is -2.41. The Hall–Kier alpha value is -1.16. The Labute approximate surface area is 388 Å². The summed E-state index contributed by atoms with van der Waals surface area (Å²) in [5, 5.41) is 195. The fourth-order valence-electron chi connectivity index (χ4n) is 8.31. The van der Waals surface area contributed by atoms with Crippen molar-refractivity contribution in [2.24, 2.45) is 0 Å². The molecule has 0 saturated carbocycles. The SMILES string of the molecule is CC1OC(CO)C(OC2OC(CO)C(O)C(O)C2O)C(O)C1O.CC1OC(O)(CO)C(OC2OC(CO)C(O)C(O)C2O)C(O)C1O.CC1OC(OC2C(C)OC(C)C(O)C2O)C(O)C(O)C1O. The lowest BCUT2D eigenvalue weighted by molar-refractivity contribution is -0.398. The smallest absolute Gasteiger partial charge is 0.219 e. The highest BCUT2D eigenvalue weighted by Gasteiger charge is 2.56. The average molecular weight is 1000 g/mol. The summed E-state index contributed by atoms with van der Waals surface area (Å²) >= 11 is 0. The van der Waals surface area contributed by atoms with Crippen LogP contribution in [-0.2, 0) is 42.6 Å². The van der Waals surface area contributed by atoms with E-state index in [1.165, 1.54) is 20.8 Å². The number of hydrogen-bond donors (Lipinski definition) is 20. The molecule has 6 saturated heterocycles. The van der Waals surface area contributed by atoms with Crippen molar-refractivity contribution >= 4 is 0 Å². The fraction of sp³-hybridized carbons (Fsp3) is 1.00. The second-order valence-electron chi connectivity index (χ2n) is 17.7. The number of rotatable bonds is 10. The molecule has 402 valence electrons. The highest BCUT2D eigenvalue weighted by Crippen LogP contribution is 2.34. The summed E-state index contributed by atoms with van der Waals surface area (Å²) in [6.45, 7) is 4.87. The molecule has 0 amide bonds. The average Bonchev–Trinajstić information content (AvgIpc) is 3.31. The topological polar surface area (TPSA) is 488 Å². The van der Waals surface area contributed by atoms with Crippen LogP contribution in [0.2, 0.25) is 0 Å². The molecule has 6 aliphatic heterocycles. The van der Waals surface area contributed by atoms with Gasteiger partial charge in [0.05, 0.1) is 56.9 Å². The predicted octanol–water partition coefficient (Wildman–Crippen LogP) is -11.6. The highest BCUT2D eigenvalue weighted by atomic mass is 16.8. The van der Waals surface area contributed by atoms with Crippen molar-refractivity contribution in [3.8, 4) is 0 Å². The van der Waals surface area contributed by atoms with Crippen LogP contribution in [0.5, 0.6) is 0 Å². The first-order chi connectivity index (χ1) is 31.7. The lowest BCUT2D eigenvalue weighted by Crippen LogP contribution is -2.68. The van der Waals surface area contributed by atoms with E-state index < -0.39 is 210 Å². The van der Waals surface area contributed by atoms with E-state index in [1.807, 2.05) is 0 Å². The molecule has 0 aromatic carbocycles. The molecule has 0 aromatic rings. The van der Waals surface area contributed by atoms with E-state index in [1.54, 1.807) is 13.8 Å². The van der Waals surface area contributed by atoms with Crippen molar-refractivity contribution in [1.29, 1.82) is 0 Å². The second-order valence-corrected chi connectivity index (χ2v) is 17.7. The van der Waals surface area contributed by atoms with Gasteiger partial charge in [-0.2, -0.15) is 0 Å². The third kappa shape index (κ3) is 13.0. The molecule has 29 nitrogen and oxygen atoms in total. The molecule has 30 atom stereocenters. The van der Waals surface area contributed by atoms with E-state index in [0.717, 1.165) is 0 Å². The quantitative estimate of drug-likeness (QED) is 0.0966. The number of aliphatic hydroxyl groups is 20.